The number of carbonyl (C=O) groups excluding carboxylic acids is 1. The minimum Gasteiger partial charge on any atom is -0.478 e. The van der Waals surface area contributed by atoms with Gasteiger partial charge in [0.05, 0.1) is 5.56 Å². The highest BCUT2D eigenvalue weighted by Gasteiger charge is 2.10. The molecule has 0 saturated carbocycles. The number of hydrogen-bond acceptors (Lipinski definition) is 3. The van der Waals surface area contributed by atoms with Crippen LogP contribution in [0.1, 0.15) is 15.9 Å². The van der Waals surface area contributed by atoms with Gasteiger partial charge in [-0.2, -0.15) is 0 Å². The van der Waals surface area contributed by atoms with Gasteiger partial charge in [-0.3, -0.25) is 4.79 Å². The lowest BCUT2D eigenvalue weighted by Gasteiger charge is -2.03. The number of allylic oxidation sites excluding steroid dienone is 1. The van der Waals surface area contributed by atoms with E-state index in [-0.39, 0.29) is 11.3 Å². The Labute approximate surface area is 80.7 Å². The quantitative estimate of drug-likeness (QED) is 0.427. The Morgan fingerprint density at radius 1 is 1.43 bits per heavy atom. The fourth-order valence-electron chi connectivity index (χ4n) is 1.12. The minimum atomic E-state index is -1.10. The maximum absolute atomic E-state index is 10.8. The summed E-state index contributed by atoms with van der Waals surface area (Å²) in [6, 6.07) is 4.72. The van der Waals surface area contributed by atoms with E-state index < -0.39 is 5.97 Å². The highest BCUT2D eigenvalue weighted by molar-refractivity contribution is 5.98. The molecule has 1 rings (SSSR count). The van der Waals surface area contributed by atoms with Crippen molar-refractivity contribution in [1.29, 1.82) is 0 Å². The summed E-state index contributed by atoms with van der Waals surface area (Å²) in [5.41, 5.74) is 6.12. The van der Waals surface area contributed by atoms with Crippen molar-refractivity contribution in [3.05, 3.63) is 35.4 Å². The van der Waals surface area contributed by atoms with Crippen LogP contribution in [0.3, 0.4) is 0 Å². The fourth-order valence-corrected chi connectivity index (χ4v) is 1.12. The lowest BCUT2D eigenvalue weighted by molar-refractivity contribution is -0.104. The van der Waals surface area contributed by atoms with Crippen molar-refractivity contribution in [3.8, 4) is 0 Å². The van der Waals surface area contributed by atoms with Gasteiger partial charge in [-0.1, -0.05) is 18.2 Å². The molecule has 0 aliphatic heterocycles. The predicted molar refractivity (Wildman–Crippen MR) is 52.9 cm³/mol. The molecule has 3 N–H and O–H groups in total. The van der Waals surface area contributed by atoms with Crippen molar-refractivity contribution in [1.82, 2.24) is 0 Å². The first-order valence-corrected chi connectivity index (χ1v) is 3.90. The van der Waals surface area contributed by atoms with Crippen LogP contribution in [0.15, 0.2) is 24.3 Å². The predicted octanol–water partition coefficient (Wildman–Crippen LogP) is 1.18. The summed E-state index contributed by atoms with van der Waals surface area (Å²) >= 11 is 0. The maximum atomic E-state index is 10.8. The van der Waals surface area contributed by atoms with Crippen LogP contribution in [0.25, 0.3) is 6.08 Å². The highest BCUT2D eigenvalue weighted by atomic mass is 16.4. The van der Waals surface area contributed by atoms with E-state index in [1.165, 1.54) is 18.2 Å². The lowest BCUT2D eigenvalue weighted by Crippen LogP contribution is -2.04. The number of aromatic carboxylic acids is 1. The zero-order valence-electron chi connectivity index (χ0n) is 7.31. The molecule has 0 aliphatic carbocycles. The first-order valence-electron chi connectivity index (χ1n) is 3.90. The van der Waals surface area contributed by atoms with Gasteiger partial charge in [0.1, 0.15) is 6.29 Å². The van der Waals surface area contributed by atoms with Crippen LogP contribution in [-0.4, -0.2) is 17.4 Å². The second kappa shape index (κ2) is 4.23. The van der Waals surface area contributed by atoms with Crippen molar-refractivity contribution in [2.45, 2.75) is 0 Å². The van der Waals surface area contributed by atoms with Gasteiger partial charge in [0, 0.05) is 5.69 Å². The number of carboxylic acids is 1. The van der Waals surface area contributed by atoms with Gasteiger partial charge in [-0.05, 0) is 17.7 Å². The number of hydrogen-bond donors (Lipinski definition) is 2. The standard InChI is InChI=1S/C10H9NO3/c11-8-5-1-3-7(4-2-6-12)9(8)10(13)14/h1-6H,11H2,(H,13,14). The number of nitrogens with two attached hydrogens (primary N) is 1. The molecule has 0 radical (unpaired) electrons. The van der Waals surface area contributed by atoms with Crippen LogP contribution in [0.5, 0.6) is 0 Å². The molecular weight excluding hydrogens is 182 g/mol. The molecule has 0 saturated heterocycles. The number of anilines is 1. The molecular formula is C10H9NO3. The third-order valence-electron chi connectivity index (χ3n) is 1.70. The molecule has 0 aromatic heterocycles. The van der Waals surface area contributed by atoms with Crippen molar-refractivity contribution in [2.24, 2.45) is 0 Å². The monoisotopic (exact) mass is 191 g/mol. The summed E-state index contributed by atoms with van der Waals surface area (Å²) in [6.07, 6.45) is 3.21. The van der Waals surface area contributed by atoms with Crippen molar-refractivity contribution >= 4 is 24.0 Å². The summed E-state index contributed by atoms with van der Waals surface area (Å²) in [4.78, 5) is 20.9. The van der Waals surface area contributed by atoms with E-state index >= 15 is 0 Å². The van der Waals surface area contributed by atoms with E-state index in [1.54, 1.807) is 12.1 Å². The molecule has 0 fully saturated rings. The molecule has 14 heavy (non-hydrogen) atoms. The Hall–Kier alpha value is -2.10. The number of nitrogen functional groups attached to an aromatic ring is 1. The molecule has 0 amide bonds. The van der Waals surface area contributed by atoms with Gasteiger partial charge in [-0.15, -0.1) is 0 Å². The SMILES string of the molecule is Nc1cccc(C=CC=O)c1C(=O)O. The molecule has 0 heterocycles. The topological polar surface area (TPSA) is 80.4 Å². The molecule has 4 heteroatoms. The maximum Gasteiger partial charge on any atom is 0.338 e. The van der Waals surface area contributed by atoms with Crippen LogP contribution < -0.4 is 5.73 Å². The molecule has 0 atom stereocenters. The van der Waals surface area contributed by atoms with Gasteiger partial charge in [0.2, 0.25) is 0 Å². The zero-order chi connectivity index (χ0) is 10.6. The van der Waals surface area contributed by atoms with E-state index in [2.05, 4.69) is 0 Å². The summed E-state index contributed by atoms with van der Waals surface area (Å²) in [5.74, 6) is -1.10. The number of carboxylic acid groups (broad SMARTS) is 1. The van der Waals surface area contributed by atoms with Crippen LogP contribution in [0, 0.1) is 0 Å². The smallest absolute Gasteiger partial charge is 0.338 e. The van der Waals surface area contributed by atoms with Crippen LogP contribution in [0.4, 0.5) is 5.69 Å². The Morgan fingerprint density at radius 2 is 2.14 bits per heavy atom. The summed E-state index contributed by atoms with van der Waals surface area (Å²) in [7, 11) is 0. The fraction of sp³-hybridized carbons (Fsp3) is 0. The first-order chi connectivity index (χ1) is 6.66. The van der Waals surface area contributed by atoms with E-state index in [0.717, 1.165) is 0 Å². The second-order valence-corrected chi connectivity index (χ2v) is 2.61. The third-order valence-corrected chi connectivity index (χ3v) is 1.70. The Balaban J connectivity index is 3.27. The normalized spacial score (nSPS) is 10.3. The van der Waals surface area contributed by atoms with E-state index in [1.807, 2.05) is 0 Å². The van der Waals surface area contributed by atoms with Gasteiger partial charge in [-0.25, -0.2) is 4.79 Å². The number of benzene rings is 1. The van der Waals surface area contributed by atoms with E-state index in [4.69, 9.17) is 10.8 Å². The van der Waals surface area contributed by atoms with Crippen molar-refractivity contribution in [3.63, 3.8) is 0 Å². The Bertz CT molecular complexity index is 396. The summed E-state index contributed by atoms with van der Waals surface area (Å²) < 4.78 is 0. The molecule has 0 unspecified atom stereocenters. The van der Waals surface area contributed by atoms with E-state index in [0.29, 0.717) is 11.8 Å². The average molecular weight is 191 g/mol. The van der Waals surface area contributed by atoms with Crippen molar-refractivity contribution < 1.29 is 14.7 Å². The van der Waals surface area contributed by atoms with Crippen LogP contribution in [-0.2, 0) is 4.79 Å². The third kappa shape index (κ3) is 1.98. The molecule has 0 aliphatic rings. The zero-order valence-corrected chi connectivity index (χ0v) is 7.31. The number of aldehydes is 1. The molecule has 0 bridgehead atoms. The molecule has 0 spiro atoms. The van der Waals surface area contributed by atoms with Gasteiger partial charge in [0.25, 0.3) is 0 Å². The van der Waals surface area contributed by atoms with Crippen LogP contribution >= 0.6 is 0 Å². The molecule has 72 valence electrons. The van der Waals surface area contributed by atoms with Gasteiger partial charge >= 0.3 is 5.97 Å². The first kappa shape index (κ1) is 9.98. The second-order valence-electron chi connectivity index (χ2n) is 2.61. The number of carbonyl (C=O) groups is 2. The molecule has 1 aromatic carbocycles. The number of rotatable bonds is 3. The average Bonchev–Trinajstić information content (AvgIpc) is 2.14. The summed E-state index contributed by atoms with van der Waals surface area (Å²) in [6.45, 7) is 0. The highest BCUT2D eigenvalue weighted by Crippen LogP contribution is 2.18. The molecule has 4 nitrogen and oxygen atoms in total. The Morgan fingerprint density at radius 3 is 2.71 bits per heavy atom. The van der Waals surface area contributed by atoms with Crippen molar-refractivity contribution in [2.75, 3.05) is 5.73 Å². The Kier molecular flexibility index (Phi) is 3.01. The van der Waals surface area contributed by atoms with Gasteiger partial charge in [0.15, 0.2) is 0 Å². The van der Waals surface area contributed by atoms with E-state index in [9.17, 15) is 9.59 Å². The largest absolute Gasteiger partial charge is 0.478 e. The minimum absolute atomic E-state index is 0.0191. The molecule has 1 aromatic rings. The van der Waals surface area contributed by atoms with Gasteiger partial charge < -0.3 is 10.8 Å². The van der Waals surface area contributed by atoms with Crippen LogP contribution in [0.2, 0.25) is 0 Å². The lowest BCUT2D eigenvalue weighted by atomic mass is 10.1. The summed E-state index contributed by atoms with van der Waals surface area (Å²) in [5, 5.41) is 8.84.